The van der Waals surface area contributed by atoms with E-state index in [0.29, 0.717) is 11.5 Å². The van der Waals surface area contributed by atoms with E-state index in [2.05, 4.69) is 10.2 Å². The van der Waals surface area contributed by atoms with E-state index in [0.717, 1.165) is 22.6 Å². The number of benzene rings is 2. The standard InChI is InChI=1S/C17H13N3O3/c1-20-13-5-3-2-4-12(13)16(17(20)21)19-18-9-11-6-7-14-15(8-11)23-10-22-14/h2-9H,10H2,1H3/b18-9+,19-16+. The normalized spacial score (nSPS) is 17.3. The molecule has 2 heterocycles. The summed E-state index contributed by atoms with van der Waals surface area (Å²) in [6.07, 6.45) is 1.59. The fourth-order valence-electron chi connectivity index (χ4n) is 2.59. The number of ether oxygens (including phenoxy) is 2. The summed E-state index contributed by atoms with van der Waals surface area (Å²) < 4.78 is 10.6. The molecule has 2 aliphatic heterocycles. The van der Waals surface area contributed by atoms with Crippen molar-refractivity contribution in [2.75, 3.05) is 18.7 Å². The molecule has 6 heteroatoms. The SMILES string of the molecule is CN1C(=O)/C(=N/N=C/c2ccc3c(c2)OCO3)c2ccccc21. The van der Waals surface area contributed by atoms with Gasteiger partial charge in [-0.15, -0.1) is 5.10 Å². The Labute approximate surface area is 132 Å². The average molecular weight is 307 g/mol. The zero-order valence-corrected chi connectivity index (χ0v) is 12.4. The molecule has 0 N–H and O–H groups in total. The molecule has 2 aromatic carbocycles. The van der Waals surface area contributed by atoms with Crippen molar-refractivity contribution in [2.24, 2.45) is 10.2 Å². The van der Waals surface area contributed by atoms with Crippen LogP contribution >= 0.6 is 0 Å². The Morgan fingerprint density at radius 3 is 2.87 bits per heavy atom. The second-order valence-electron chi connectivity index (χ2n) is 5.19. The summed E-state index contributed by atoms with van der Waals surface area (Å²) in [5.41, 5.74) is 2.81. The quantitative estimate of drug-likeness (QED) is 0.631. The van der Waals surface area contributed by atoms with Gasteiger partial charge < -0.3 is 14.4 Å². The number of rotatable bonds is 2. The van der Waals surface area contributed by atoms with Gasteiger partial charge in [0, 0.05) is 12.6 Å². The monoisotopic (exact) mass is 307 g/mol. The summed E-state index contributed by atoms with van der Waals surface area (Å²) in [6.45, 7) is 0.232. The van der Waals surface area contributed by atoms with Crippen LogP contribution in [0, 0.1) is 0 Å². The zero-order chi connectivity index (χ0) is 15.8. The molecule has 0 fully saturated rings. The van der Waals surface area contributed by atoms with Crippen molar-refractivity contribution in [2.45, 2.75) is 0 Å². The van der Waals surface area contributed by atoms with Crippen molar-refractivity contribution < 1.29 is 14.3 Å². The van der Waals surface area contributed by atoms with Crippen LogP contribution in [0.1, 0.15) is 11.1 Å². The van der Waals surface area contributed by atoms with Crippen LogP contribution in [0.4, 0.5) is 5.69 Å². The van der Waals surface area contributed by atoms with Crippen LogP contribution in [0.15, 0.2) is 52.7 Å². The highest BCUT2D eigenvalue weighted by molar-refractivity contribution is 6.54. The van der Waals surface area contributed by atoms with Gasteiger partial charge in [-0.05, 0) is 29.8 Å². The molecule has 23 heavy (non-hydrogen) atoms. The molecule has 0 saturated carbocycles. The summed E-state index contributed by atoms with van der Waals surface area (Å²) in [7, 11) is 1.73. The molecule has 6 nitrogen and oxygen atoms in total. The highest BCUT2D eigenvalue weighted by Crippen LogP contribution is 2.32. The number of nitrogens with zero attached hydrogens (tertiary/aromatic N) is 3. The van der Waals surface area contributed by atoms with Crippen LogP contribution in [0.5, 0.6) is 11.5 Å². The molecule has 0 radical (unpaired) electrons. The van der Waals surface area contributed by atoms with Crippen molar-refractivity contribution in [1.29, 1.82) is 0 Å². The topological polar surface area (TPSA) is 63.5 Å². The van der Waals surface area contributed by atoms with Crippen LogP contribution < -0.4 is 14.4 Å². The van der Waals surface area contributed by atoms with Gasteiger partial charge in [-0.2, -0.15) is 5.10 Å². The number of fused-ring (bicyclic) bond motifs is 2. The van der Waals surface area contributed by atoms with Gasteiger partial charge in [-0.1, -0.05) is 18.2 Å². The van der Waals surface area contributed by atoms with Crippen LogP contribution in [0.2, 0.25) is 0 Å². The number of para-hydroxylation sites is 1. The van der Waals surface area contributed by atoms with Crippen LogP contribution in [-0.4, -0.2) is 31.7 Å². The predicted molar refractivity (Wildman–Crippen MR) is 86.5 cm³/mol. The van der Waals surface area contributed by atoms with Gasteiger partial charge in [0.25, 0.3) is 5.91 Å². The molecule has 114 valence electrons. The van der Waals surface area contributed by atoms with Crippen molar-refractivity contribution in [3.8, 4) is 11.5 Å². The maximum Gasteiger partial charge on any atom is 0.279 e. The van der Waals surface area contributed by atoms with Crippen LogP contribution in [0.25, 0.3) is 0 Å². The zero-order valence-electron chi connectivity index (χ0n) is 12.4. The smallest absolute Gasteiger partial charge is 0.279 e. The molecule has 0 aliphatic carbocycles. The molecule has 0 bridgehead atoms. The van der Waals surface area contributed by atoms with E-state index < -0.39 is 0 Å². The number of carbonyl (C=O) groups is 1. The van der Waals surface area contributed by atoms with E-state index in [9.17, 15) is 4.79 Å². The number of anilines is 1. The number of carbonyl (C=O) groups excluding carboxylic acids is 1. The van der Waals surface area contributed by atoms with E-state index in [1.807, 2.05) is 42.5 Å². The lowest BCUT2D eigenvalue weighted by Crippen LogP contribution is -2.25. The molecule has 2 aromatic rings. The minimum atomic E-state index is -0.158. The third-order valence-electron chi connectivity index (χ3n) is 3.79. The summed E-state index contributed by atoms with van der Waals surface area (Å²) in [6, 6.07) is 13.0. The number of likely N-dealkylation sites (N-methyl/N-ethyl adjacent to an activating group) is 1. The van der Waals surface area contributed by atoms with E-state index in [4.69, 9.17) is 9.47 Å². The molecule has 2 aliphatic rings. The van der Waals surface area contributed by atoms with Gasteiger partial charge in [0.05, 0.1) is 11.9 Å². The maximum atomic E-state index is 12.2. The van der Waals surface area contributed by atoms with Crippen molar-refractivity contribution >= 4 is 23.5 Å². The Hall–Kier alpha value is -3.15. The third-order valence-corrected chi connectivity index (χ3v) is 3.79. The van der Waals surface area contributed by atoms with E-state index >= 15 is 0 Å². The summed E-state index contributed by atoms with van der Waals surface area (Å²) in [5.74, 6) is 1.24. The molecule has 0 aromatic heterocycles. The first-order valence-corrected chi connectivity index (χ1v) is 7.12. The fourth-order valence-corrected chi connectivity index (χ4v) is 2.59. The van der Waals surface area contributed by atoms with E-state index in [1.54, 1.807) is 18.2 Å². The number of amides is 1. The molecular weight excluding hydrogens is 294 g/mol. The number of hydrogen-bond donors (Lipinski definition) is 0. The first kappa shape index (κ1) is 13.5. The van der Waals surface area contributed by atoms with E-state index in [-0.39, 0.29) is 12.7 Å². The molecule has 0 atom stereocenters. The van der Waals surface area contributed by atoms with Crippen LogP contribution in [-0.2, 0) is 4.79 Å². The molecular formula is C17H13N3O3. The summed E-state index contributed by atoms with van der Waals surface area (Å²) in [5, 5.41) is 8.16. The molecule has 0 saturated heterocycles. The van der Waals surface area contributed by atoms with Crippen LogP contribution in [0.3, 0.4) is 0 Å². The molecule has 0 spiro atoms. The maximum absolute atomic E-state index is 12.2. The van der Waals surface area contributed by atoms with Crippen molar-refractivity contribution in [1.82, 2.24) is 0 Å². The van der Waals surface area contributed by atoms with Gasteiger partial charge in [-0.25, -0.2) is 0 Å². The van der Waals surface area contributed by atoms with Gasteiger partial charge in [0.1, 0.15) is 0 Å². The minimum Gasteiger partial charge on any atom is -0.454 e. The van der Waals surface area contributed by atoms with Gasteiger partial charge in [0.2, 0.25) is 6.79 Å². The highest BCUT2D eigenvalue weighted by Gasteiger charge is 2.30. The number of hydrogen-bond acceptors (Lipinski definition) is 5. The van der Waals surface area contributed by atoms with Crippen molar-refractivity contribution in [3.63, 3.8) is 0 Å². The second kappa shape index (κ2) is 5.24. The predicted octanol–water partition coefficient (Wildman–Crippen LogP) is 2.21. The average Bonchev–Trinajstić information content (AvgIpc) is 3.13. The summed E-state index contributed by atoms with van der Waals surface area (Å²) in [4.78, 5) is 13.8. The molecule has 1 amide bonds. The van der Waals surface area contributed by atoms with Crippen molar-refractivity contribution in [3.05, 3.63) is 53.6 Å². The molecule has 4 rings (SSSR count). The minimum absolute atomic E-state index is 0.158. The lowest BCUT2D eigenvalue weighted by molar-refractivity contribution is -0.111. The second-order valence-corrected chi connectivity index (χ2v) is 5.19. The Bertz CT molecular complexity index is 858. The van der Waals surface area contributed by atoms with Gasteiger partial charge in [-0.3, -0.25) is 4.79 Å². The fraction of sp³-hybridized carbons (Fsp3) is 0.118. The Morgan fingerprint density at radius 1 is 1.13 bits per heavy atom. The Morgan fingerprint density at radius 2 is 1.96 bits per heavy atom. The largest absolute Gasteiger partial charge is 0.454 e. The lowest BCUT2D eigenvalue weighted by atomic mass is 10.1. The van der Waals surface area contributed by atoms with E-state index in [1.165, 1.54) is 0 Å². The Balaban J connectivity index is 1.63. The third kappa shape index (κ3) is 2.24. The summed E-state index contributed by atoms with van der Waals surface area (Å²) >= 11 is 0. The first-order chi connectivity index (χ1) is 11.2. The Kier molecular flexibility index (Phi) is 3.08. The van der Waals surface area contributed by atoms with Gasteiger partial charge >= 0.3 is 0 Å². The molecule has 0 unspecified atom stereocenters. The first-order valence-electron chi connectivity index (χ1n) is 7.12. The lowest BCUT2D eigenvalue weighted by Gasteiger charge is -2.07. The van der Waals surface area contributed by atoms with Gasteiger partial charge in [0.15, 0.2) is 17.2 Å². The highest BCUT2D eigenvalue weighted by atomic mass is 16.7.